The number of hydrogen-bond donors (Lipinski definition) is 1. The van der Waals surface area contributed by atoms with Gasteiger partial charge in [-0.05, 0) is 54.7 Å². The normalized spacial score (nSPS) is 25.9. The SMILES string of the molecule is CCCCc1cn(C2C(C)CCCC2C)c(=O)n1CC1(c2ccccc2-c2nn[nH]n2)C=CN=CC1. The van der Waals surface area contributed by atoms with Crippen LogP contribution < -0.4 is 5.69 Å². The second kappa shape index (κ2) is 10.4. The Morgan fingerprint density at radius 2 is 1.97 bits per heavy atom. The number of aliphatic imine (C=N–C) groups is 1. The van der Waals surface area contributed by atoms with Crippen molar-refractivity contribution >= 4 is 6.21 Å². The summed E-state index contributed by atoms with van der Waals surface area (Å²) in [5.74, 6) is 1.55. The summed E-state index contributed by atoms with van der Waals surface area (Å²) in [6.07, 6.45) is 15.5. The summed E-state index contributed by atoms with van der Waals surface area (Å²) in [6.45, 7) is 7.36. The average Bonchev–Trinajstić information content (AvgIpc) is 3.53. The zero-order chi connectivity index (χ0) is 25.1. The molecule has 2 aromatic heterocycles. The monoisotopic (exact) mass is 487 g/mol. The van der Waals surface area contributed by atoms with Gasteiger partial charge in [0.05, 0.1) is 0 Å². The van der Waals surface area contributed by atoms with E-state index in [4.69, 9.17) is 0 Å². The number of benzene rings is 1. The molecule has 3 unspecified atom stereocenters. The van der Waals surface area contributed by atoms with Crippen LogP contribution in [-0.2, 0) is 18.4 Å². The van der Waals surface area contributed by atoms with E-state index in [1.807, 2.05) is 35.2 Å². The van der Waals surface area contributed by atoms with E-state index < -0.39 is 5.41 Å². The van der Waals surface area contributed by atoms with E-state index in [0.717, 1.165) is 36.1 Å². The van der Waals surface area contributed by atoms with Crippen LogP contribution in [0.15, 0.2) is 52.5 Å². The number of unbranched alkanes of at least 4 members (excludes halogenated alkanes) is 1. The predicted molar refractivity (Wildman–Crippen MR) is 142 cm³/mol. The van der Waals surface area contributed by atoms with E-state index in [-0.39, 0.29) is 11.7 Å². The molecule has 1 fully saturated rings. The molecule has 3 heterocycles. The summed E-state index contributed by atoms with van der Waals surface area (Å²) in [5.41, 5.74) is 2.79. The Labute approximate surface area is 212 Å². The first kappa shape index (κ1) is 24.4. The predicted octanol–water partition coefficient (Wildman–Crippen LogP) is 5.10. The van der Waals surface area contributed by atoms with E-state index in [0.29, 0.717) is 30.6 Å². The van der Waals surface area contributed by atoms with Gasteiger partial charge in [0.2, 0.25) is 5.82 Å². The Kier molecular flexibility index (Phi) is 7.03. The van der Waals surface area contributed by atoms with Crippen molar-refractivity contribution in [3.63, 3.8) is 0 Å². The van der Waals surface area contributed by atoms with E-state index in [1.165, 1.54) is 19.3 Å². The molecule has 5 rings (SSSR count). The van der Waals surface area contributed by atoms with Crippen molar-refractivity contribution in [3.05, 3.63) is 64.5 Å². The van der Waals surface area contributed by atoms with Crippen LogP contribution in [0.5, 0.6) is 0 Å². The number of tetrazole rings is 1. The summed E-state index contributed by atoms with van der Waals surface area (Å²) >= 11 is 0. The van der Waals surface area contributed by atoms with Crippen LogP contribution in [0.2, 0.25) is 0 Å². The molecule has 0 amide bonds. The highest BCUT2D eigenvalue weighted by Crippen LogP contribution is 2.40. The number of aromatic amines is 1. The van der Waals surface area contributed by atoms with Gasteiger partial charge in [-0.15, -0.1) is 10.2 Å². The Hall–Kier alpha value is -3.29. The van der Waals surface area contributed by atoms with Gasteiger partial charge in [-0.1, -0.05) is 64.0 Å². The highest BCUT2D eigenvalue weighted by molar-refractivity contribution is 5.69. The number of H-pyrrole nitrogens is 1. The maximum absolute atomic E-state index is 14.1. The summed E-state index contributed by atoms with van der Waals surface area (Å²) < 4.78 is 4.11. The summed E-state index contributed by atoms with van der Waals surface area (Å²) in [7, 11) is 0. The van der Waals surface area contributed by atoms with Gasteiger partial charge >= 0.3 is 5.69 Å². The molecule has 0 spiro atoms. The average molecular weight is 488 g/mol. The van der Waals surface area contributed by atoms with Crippen LogP contribution in [0.4, 0.5) is 0 Å². The first-order valence-corrected chi connectivity index (χ1v) is 13.4. The molecule has 1 aromatic carbocycles. The molecule has 36 heavy (non-hydrogen) atoms. The maximum Gasteiger partial charge on any atom is 0.328 e. The molecule has 1 aliphatic carbocycles. The lowest BCUT2D eigenvalue weighted by atomic mass is 9.74. The topological polar surface area (TPSA) is 93.8 Å². The second-order valence-corrected chi connectivity index (χ2v) is 10.7. The van der Waals surface area contributed by atoms with Gasteiger partial charge in [-0.3, -0.25) is 14.1 Å². The third-order valence-electron chi connectivity index (χ3n) is 8.21. The fourth-order valence-electron chi connectivity index (χ4n) is 6.30. The minimum atomic E-state index is -0.445. The molecule has 2 aliphatic rings. The Balaban J connectivity index is 1.62. The Bertz CT molecular complexity index is 1280. The number of hydrogen-bond acceptors (Lipinski definition) is 5. The van der Waals surface area contributed by atoms with Crippen LogP contribution in [0.1, 0.15) is 76.6 Å². The lowest BCUT2D eigenvalue weighted by molar-refractivity contribution is 0.179. The van der Waals surface area contributed by atoms with Crippen LogP contribution in [-0.4, -0.2) is 36.0 Å². The van der Waals surface area contributed by atoms with Crippen molar-refractivity contribution < 1.29 is 0 Å². The van der Waals surface area contributed by atoms with Gasteiger partial charge in [-0.2, -0.15) is 5.21 Å². The van der Waals surface area contributed by atoms with Crippen molar-refractivity contribution in [3.8, 4) is 11.4 Å². The molecule has 1 N–H and O–H groups in total. The minimum absolute atomic E-state index is 0.110. The summed E-state index contributed by atoms with van der Waals surface area (Å²) in [6, 6.07) is 8.42. The highest BCUT2D eigenvalue weighted by Gasteiger charge is 2.37. The standard InChI is InChI=1S/C28H37N7O/c1-4-5-11-22-18-34(25-20(2)9-8-10-21(25)3)27(36)35(22)19-28(14-16-29-17-15-28)24-13-7-6-12-23(24)26-30-32-33-31-26/h6-7,12-14,16-18,20-21,25H,4-5,8-11,15,19H2,1-3H3,(H,30,31,32,33). The number of rotatable bonds is 8. The number of nitrogens with zero attached hydrogens (tertiary/aromatic N) is 6. The quantitative estimate of drug-likeness (QED) is 0.478. The van der Waals surface area contributed by atoms with Crippen molar-refractivity contribution in [2.75, 3.05) is 0 Å². The van der Waals surface area contributed by atoms with Crippen LogP contribution in [0.3, 0.4) is 0 Å². The molecule has 8 nitrogen and oxygen atoms in total. The van der Waals surface area contributed by atoms with Gasteiger partial charge in [0.1, 0.15) is 0 Å². The van der Waals surface area contributed by atoms with Gasteiger partial charge in [0, 0.05) is 47.9 Å². The number of imidazole rings is 1. The zero-order valence-electron chi connectivity index (χ0n) is 21.6. The molecule has 3 aromatic rings. The molecule has 3 atom stereocenters. The van der Waals surface area contributed by atoms with Crippen molar-refractivity contribution in [2.45, 2.75) is 83.7 Å². The Morgan fingerprint density at radius 3 is 2.67 bits per heavy atom. The molecule has 190 valence electrons. The highest BCUT2D eigenvalue weighted by atomic mass is 16.1. The number of aromatic nitrogens is 6. The largest absolute Gasteiger partial charge is 0.328 e. The van der Waals surface area contributed by atoms with Crippen LogP contribution >= 0.6 is 0 Å². The fraction of sp³-hybridized carbons (Fsp3) is 0.536. The van der Waals surface area contributed by atoms with Crippen molar-refractivity contribution in [1.82, 2.24) is 29.8 Å². The molecule has 1 aliphatic heterocycles. The smallest absolute Gasteiger partial charge is 0.295 e. The summed E-state index contributed by atoms with van der Waals surface area (Å²) in [4.78, 5) is 18.5. The van der Waals surface area contributed by atoms with Gasteiger partial charge < -0.3 is 0 Å². The molecule has 0 bridgehead atoms. The first-order valence-electron chi connectivity index (χ1n) is 13.4. The van der Waals surface area contributed by atoms with E-state index in [1.54, 1.807) is 0 Å². The van der Waals surface area contributed by atoms with E-state index in [9.17, 15) is 4.79 Å². The second-order valence-electron chi connectivity index (χ2n) is 10.7. The molecule has 8 heteroatoms. The van der Waals surface area contributed by atoms with Gasteiger partial charge in [0.15, 0.2) is 0 Å². The van der Waals surface area contributed by atoms with Crippen LogP contribution in [0.25, 0.3) is 11.4 Å². The number of allylic oxidation sites excluding steroid dienone is 1. The zero-order valence-corrected chi connectivity index (χ0v) is 21.6. The molecule has 0 radical (unpaired) electrons. The number of aryl methyl sites for hydroxylation is 1. The van der Waals surface area contributed by atoms with Crippen molar-refractivity contribution in [2.24, 2.45) is 16.8 Å². The van der Waals surface area contributed by atoms with Crippen LogP contribution in [0, 0.1) is 11.8 Å². The van der Waals surface area contributed by atoms with Gasteiger partial charge in [-0.25, -0.2) is 4.79 Å². The third-order valence-corrected chi connectivity index (χ3v) is 8.21. The minimum Gasteiger partial charge on any atom is -0.295 e. The van der Waals surface area contributed by atoms with E-state index in [2.05, 4.69) is 69.3 Å². The lowest BCUT2D eigenvalue weighted by Gasteiger charge is -2.35. The van der Waals surface area contributed by atoms with Gasteiger partial charge in [0.25, 0.3) is 0 Å². The molecular weight excluding hydrogens is 450 g/mol. The molecular formula is C28H37N7O. The lowest BCUT2D eigenvalue weighted by Crippen LogP contribution is -2.40. The first-order chi connectivity index (χ1) is 17.5. The summed E-state index contributed by atoms with van der Waals surface area (Å²) in [5, 5.41) is 14.9. The Morgan fingerprint density at radius 1 is 1.17 bits per heavy atom. The third kappa shape index (κ3) is 4.49. The van der Waals surface area contributed by atoms with Crippen molar-refractivity contribution in [1.29, 1.82) is 0 Å². The molecule has 1 saturated carbocycles. The molecule has 0 saturated heterocycles. The number of nitrogens with one attached hydrogen (secondary N) is 1. The fourth-order valence-corrected chi connectivity index (χ4v) is 6.30. The van der Waals surface area contributed by atoms with E-state index >= 15 is 0 Å². The maximum atomic E-state index is 14.1.